The first-order chi connectivity index (χ1) is 8.67. The second-order valence-corrected chi connectivity index (χ2v) is 5.81. The molecule has 18 heavy (non-hydrogen) atoms. The minimum absolute atomic E-state index is 0.274. The summed E-state index contributed by atoms with van der Waals surface area (Å²) < 4.78 is 0.928. The van der Waals surface area contributed by atoms with Gasteiger partial charge in [0.2, 0.25) is 0 Å². The molecule has 0 saturated carbocycles. The third kappa shape index (κ3) is 5.70. The quantitative estimate of drug-likeness (QED) is 0.753. The highest BCUT2D eigenvalue weighted by Crippen LogP contribution is 2.23. The van der Waals surface area contributed by atoms with Crippen molar-refractivity contribution in [3.05, 3.63) is 33.3 Å². The Morgan fingerprint density at radius 2 is 2.17 bits per heavy atom. The Kier molecular flexibility index (Phi) is 7.91. The van der Waals surface area contributed by atoms with Gasteiger partial charge in [0.25, 0.3) is 0 Å². The van der Waals surface area contributed by atoms with Crippen LogP contribution in [0.2, 0.25) is 5.02 Å². The zero-order chi connectivity index (χ0) is 13.4. The molecular weight excluding hydrogens is 314 g/mol. The van der Waals surface area contributed by atoms with Crippen molar-refractivity contribution in [3.8, 4) is 0 Å². The first kappa shape index (κ1) is 16.0. The summed E-state index contributed by atoms with van der Waals surface area (Å²) >= 11 is 9.43. The van der Waals surface area contributed by atoms with Crippen LogP contribution in [-0.4, -0.2) is 18.3 Å². The summed E-state index contributed by atoms with van der Waals surface area (Å²) in [6, 6.07) is 6.00. The Hall–Kier alpha value is -0.0900. The molecule has 0 heterocycles. The molecule has 1 atom stereocenters. The third-order valence-electron chi connectivity index (χ3n) is 2.98. The van der Waals surface area contributed by atoms with Gasteiger partial charge in [0.15, 0.2) is 0 Å². The van der Waals surface area contributed by atoms with Crippen molar-refractivity contribution in [1.82, 2.24) is 5.32 Å². The van der Waals surface area contributed by atoms with Crippen LogP contribution in [0.5, 0.6) is 0 Å². The molecule has 0 spiro atoms. The molecule has 102 valence electrons. The molecule has 4 heteroatoms. The van der Waals surface area contributed by atoms with Crippen molar-refractivity contribution in [2.75, 3.05) is 13.2 Å². The molecule has 0 saturated heterocycles. The molecule has 1 aromatic rings. The molecule has 0 aliphatic carbocycles. The van der Waals surface area contributed by atoms with Crippen LogP contribution in [0.1, 0.15) is 31.7 Å². The van der Waals surface area contributed by atoms with Crippen molar-refractivity contribution in [1.29, 1.82) is 0 Å². The second kappa shape index (κ2) is 8.92. The highest BCUT2D eigenvalue weighted by atomic mass is 79.9. The van der Waals surface area contributed by atoms with Crippen molar-refractivity contribution in [2.24, 2.45) is 5.92 Å². The normalized spacial score (nSPS) is 12.7. The van der Waals surface area contributed by atoms with Crippen molar-refractivity contribution in [2.45, 2.75) is 32.7 Å². The summed E-state index contributed by atoms with van der Waals surface area (Å²) in [5.41, 5.74) is 1.18. The smallest absolute Gasteiger partial charge is 0.0551 e. The van der Waals surface area contributed by atoms with E-state index in [1.54, 1.807) is 0 Å². The summed E-state index contributed by atoms with van der Waals surface area (Å²) in [7, 11) is 0. The maximum absolute atomic E-state index is 9.00. The van der Waals surface area contributed by atoms with Gasteiger partial charge >= 0.3 is 0 Å². The van der Waals surface area contributed by atoms with E-state index in [1.165, 1.54) is 5.56 Å². The van der Waals surface area contributed by atoms with Crippen LogP contribution in [0.4, 0.5) is 0 Å². The molecule has 2 nitrogen and oxygen atoms in total. The van der Waals surface area contributed by atoms with E-state index < -0.39 is 0 Å². The Balaban J connectivity index is 2.37. The number of hydrogen-bond donors (Lipinski definition) is 2. The molecule has 0 radical (unpaired) electrons. The molecule has 1 unspecified atom stereocenters. The summed E-state index contributed by atoms with van der Waals surface area (Å²) in [4.78, 5) is 0. The van der Waals surface area contributed by atoms with E-state index in [1.807, 2.05) is 12.1 Å². The monoisotopic (exact) mass is 333 g/mol. The molecule has 0 amide bonds. The molecular formula is C14H21BrClNO. The molecule has 0 aliphatic rings. The average Bonchev–Trinajstić information content (AvgIpc) is 2.34. The first-order valence-electron chi connectivity index (χ1n) is 6.42. The standard InChI is InChI=1S/C14H21BrClNO/c1-2-3-11(6-7-18)9-17-10-12-4-5-13(15)14(16)8-12/h4-5,8,11,17-18H,2-3,6-7,9-10H2,1H3. The van der Waals surface area contributed by atoms with Gasteiger partial charge in [-0.3, -0.25) is 0 Å². The van der Waals surface area contributed by atoms with Crippen LogP contribution >= 0.6 is 27.5 Å². The van der Waals surface area contributed by atoms with Gasteiger partial charge in [0, 0.05) is 17.6 Å². The zero-order valence-electron chi connectivity index (χ0n) is 10.8. The minimum Gasteiger partial charge on any atom is -0.396 e. The Morgan fingerprint density at radius 1 is 1.39 bits per heavy atom. The van der Waals surface area contributed by atoms with Crippen LogP contribution in [0, 0.1) is 5.92 Å². The van der Waals surface area contributed by atoms with Crippen LogP contribution < -0.4 is 5.32 Å². The number of hydrogen-bond acceptors (Lipinski definition) is 2. The molecule has 0 aliphatic heterocycles. The van der Waals surface area contributed by atoms with E-state index in [4.69, 9.17) is 16.7 Å². The molecule has 0 fully saturated rings. The molecule has 1 aromatic carbocycles. The van der Waals surface area contributed by atoms with Crippen molar-refractivity contribution >= 4 is 27.5 Å². The summed E-state index contributed by atoms with van der Waals surface area (Å²) in [6.45, 7) is 4.22. The summed E-state index contributed by atoms with van der Waals surface area (Å²) in [5, 5.41) is 13.2. The van der Waals surface area contributed by atoms with E-state index in [0.717, 1.165) is 41.8 Å². The van der Waals surface area contributed by atoms with E-state index in [0.29, 0.717) is 5.92 Å². The lowest BCUT2D eigenvalue weighted by molar-refractivity contribution is 0.248. The zero-order valence-corrected chi connectivity index (χ0v) is 13.1. The number of rotatable bonds is 8. The van der Waals surface area contributed by atoms with Crippen LogP contribution in [-0.2, 0) is 6.54 Å². The van der Waals surface area contributed by atoms with E-state index in [9.17, 15) is 0 Å². The molecule has 2 N–H and O–H groups in total. The summed E-state index contributed by atoms with van der Waals surface area (Å²) in [5.74, 6) is 0.561. The number of aliphatic hydroxyl groups excluding tert-OH is 1. The maximum atomic E-state index is 9.00. The number of halogens is 2. The van der Waals surface area contributed by atoms with E-state index >= 15 is 0 Å². The Morgan fingerprint density at radius 3 is 2.78 bits per heavy atom. The molecule has 0 bridgehead atoms. The maximum Gasteiger partial charge on any atom is 0.0551 e. The summed E-state index contributed by atoms with van der Waals surface area (Å²) in [6.07, 6.45) is 3.20. The predicted octanol–water partition coefficient (Wildman–Crippen LogP) is 3.99. The van der Waals surface area contributed by atoms with Crippen LogP contribution in [0.25, 0.3) is 0 Å². The number of benzene rings is 1. The lowest BCUT2D eigenvalue weighted by Gasteiger charge is -2.15. The van der Waals surface area contributed by atoms with E-state index in [2.05, 4.69) is 34.2 Å². The van der Waals surface area contributed by atoms with Gasteiger partial charge in [-0.1, -0.05) is 31.0 Å². The van der Waals surface area contributed by atoms with Gasteiger partial charge in [-0.2, -0.15) is 0 Å². The Bertz CT molecular complexity index is 354. The average molecular weight is 335 g/mol. The first-order valence-corrected chi connectivity index (χ1v) is 7.60. The number of nitrogens with one attached hydrogen (secondary N) is 1. The SMILES string of the molecule is CCCC(CCO)CNCc1ccc(Br)c(Cl)c1. The largest absolute Gasteiger partial charge is 0.396 e. The molecule has 1 rings (SSSR count). The minimum atomic E-state index is 0.274. The Labute approximate surface area is 123 Å². The van der Waals surface area contributed by atoms with Gasteiger partial charge in [-0.25, -0.2) is 0 Å². The van der Waals surface area contributed by atoms with Crippen molar-refractivity contribution in [3.63, 3.8) is 0 Å². The fourth-order valence-electron chi connectivity index (χ4n) is 2.01. The topological polar surface area (TPSA) is 32.3 Å². The third-order valence-corrected chi connectivity index (χ3v) is 4.21. The lowest BCUT2D eigenvalue weighted by Crippen LogP contribution is -2.23. The van der Waals surface area contributed by atoms with Gasteiger partial charge in [0.05, 0.1) is 5.02 Å². The van der Waals surface area contributed by atoms with Gasteiger partial charge in [-0.15, -0.1) is 0 Å². The van der Waals surface area contributed by atoms with Gasteiger partial charge in [-0.05, 0) is 58.9 Å². The number of aliphatic hydroxyl groups is 1. The van der Waals surface area contributed by atoms with Crippen LogP contribution in [0.3, 0.4) is 0 Å². The fourth-order valence-corrected chi connectivity index (χ4v) is 2.46. The second-order valence-electron chi connectivity index (χ2n) is 4.55. The fraction of sp³-hybridized carbons (Fsp3) is 0.571. The van der Waals surface area contributed by atoms with Gasteiger partial charge in [0.1, 0.15) is 0 Å². The highest BCUT2D eigenvalue weighted by Gasteiger charge is 2.06. The van der Waals surface area contributed by atoms with Crippen molar-refractivity contribution < 1.29 is 5.11 Å². The van der Waals surface area contributed by atoms with Crippen LogP contribution in [0.15, 0.2) is 22.7 Å². The van der Waals surface area contributed by atoms with Gasteiger partial charge < -0.3 is 10.4 Å². The highest BCUT2D eigenvalue weighted by molar-refractivity contribution is 9.10. The predicted molar refractivity (Wildman–Crippen MR) is 81.0 cm³/mol. The lowest BCUT2D eigenvalue weighted by atomic mass is 10.0. The van der Waals surface area contributed by atoms with E-state index in [-0.39, 0.29) is 6.61 Å². The molecule has 0 aromatic heterocycles.